The third-order valence-corrected chi connectivity index (χ3v) is 6.32. The van der Waals surface area contributed by atoms with Crippen molar-refractivity contribution in [3.05, 3.63) is 41.9 Å². The van der Waals surface area contributed by atoms with Gasteiger partial charge in [-0.3, -0.25) is 9.59 Å². The molecule has 1 spiro atoms. The van der Waals surface area contributed by atoms with Gasteiger partial charge in [-0.05, 0) is 25.8 Å². The maximum Gasteiger partial charge on any atom is 0.276 e. The third-order valence-electron chi connectivity index (χ3n) is 6.32. The van der Waals surface area contributed by atoms with Gasteiger partial charge in [0.2, 0.25) is 5.91 Å². The minimum absolute atomic E-state index is 0.0930. The zero-order chi connectivity index (χ0) is 19.9. The van der Waals surface area contributed by atoms with E-state index in [2.05, 4.69) is 4.98 Å². The number of carbonyl (C=O) groups is 2. The summed E-state index contributed by atoms with van der Waals surface area (Å²) < 4.78 is 5.58. The second kappa shape index (κ2) is 7.08. The fourth-order valence-corrected chi connectivity index (χ4v) is 4.90. The number of aryl methyl sites for hydroxylation is 1. The summed E-state index contributed by atoms with van der Waals surface area (Å²) in [5.74, 6) is 0.335. The van der Waals surface area contributed by atoms with Crippen molar-refractivity contribution < 1.29 is 14.0 Å². The molecule has 6 heteroatoms. The van der Waals surface area contributed by atoms with E-state index in [1.807, 2.05) is 36.1 Å². The molecule has 148 valence electrons. The van der Waals surface area contributed by atoms with E-state index in [0.717, 1.165) is 36.8 Å². The number of nitrogens with zero attached hydrogens (tertiary/aromatic N) is 3. The molecule has 1 aliphatic heterocycles. The molecular formula is C22H27N3O3. The highest BCUT2D eigenvalue weighted by atomic mass is 16.3. The number of benzene rings is 1. The van der Waals surface area contributed by atoms with Crippen LogP contribution in [0.3, 0.4) is 0 Å². The normalized spacial score (nSPS) is 20.7. The van der Waals surface area contributed by atoms with Crippen molar-refractivity contribution in [3.63, 3.8) is 0 Å². The van der Waals surface area contributed by atoms with Crippen LogP contribution in [-0.2, 0) is 4.79 Å². The van der Waals surface area contributed by atoms with E-state index < -0.39 is 0 Å². The highest BCUT2D eigenvalue weighted by Gasteiger charge is 2.53. The molecule has 2 aromatic rings. The molecule has 1 unspecified atom stereocenters. The van der Waals surface area contributed by atoms with Gasteiger partial charge >= 0.3 is 0 Å². The van der Waals surface area contributed by atoms with Gasteiger partial charge in [-0.25, -0.2) is 4.98 Å². The first-order valence-electron chi connectivity index (χ1n) is 9.92. The van der Waals surface area contributed by atoms with Gasteiger partial charge in [-0.15, -0.1) is 0 Å². The molecule has 2 aliphatic rings. The van der Waals surface area contributed by atoms with Crippen molar-refractivity contribution in [1.29, 1.82) is 0 Å². The SMILES string of the molecule is Cc1cccc(-c2ocnc2C(=O)N2CC(C(=O)N(C)C)C3(CCCC3)C2)c1. The molecule has 0 radical (unpaired) electrons. The number of hydrogen-bond donors (Lipinski definition) is 0. The standard InChI is InChI=1S/C22H27N3O3/c1-15-7-6-8-16(11-15)19-18(23-14-28-19)21(27)25-12-17(20(26)24(2)3)22(13-25)9-4-5-10-22/h6-8,11,14,17H,4-5,9-10,12-13H2,1-3H3. The molecule has 2 amide bonds. The zero-order valence-corrected chi connectivity index (χ0v) is 16.8. The Kier molecular flexibility index (Phi) is 4.73. The molecule has 1 aliphatic carbocycles. The summed E-state index contributed by atoms with van der Waals surface area (Å²) in [5, 5.41) is 0. The first kappa shape index (κ1) is 18.7. The Hall–Kier alpha value is -2.63. The number of amides is 2. The van der Waals surface area contributed by atoms with Crippen LogP contribution in [0, 0.1) is 18.3 Å². The average molecular weight is 381 g/mol. The van der Waals surface area contributed by atoms with Crippen LogP contribution in [0.25, 0.3) is 11.3 Å². The quantitative estimate of drug-likeness (QED) is 0.818. The summed E-state index contributed by atoms with van der Waals surface area (Å²) in [4.78, 5) is 33.9. The summed E-state index contributed by atoms with van der Waals surface area (Å²) in [7, 11) is 3.59. The molecule has 0 bridgehead atoms. The number of likely N-dealkylation sites (tertiary alicyclic amines) is 1. The molecule has 1 aromatic heterocycles. The number of rotatable bonds is 3. The van der Waals surface area contributed by atoms with Gasteiger partial charge in [0.25, 0.3) is 5.91 Å². The van der Waals surface area contributed by atoms with Crippen LogP contribution in [0.4, 0.5) is 0 Å². The molecule has 1 aromatic carbocycles. The first-order chi connectivity index (χ1) is 13.4. The second-order valence-corrected chi connectivity index (χ2v) is 8.44. The van der Waals surface area contributed by atoms with Crippen LogP contribution >= 0.6 is 0 Å². The van der Waals surface area contributed by atoms with Crippen molar-refractivity contribution in [3.8, 4) is 11.3 Å². The van der Waals surface area contributed by atoms with Crippen LogP contribution < -0.4 is 0 Å². The van der Waals surface area contributed by atoms with Crippen LogP contribution in [0.15, 0.2) is 35.1 Å². The van der Waals surface area contributed by atoms with Crippen molar-refractivity contribution >= 4 is 11.8 Å². The number of carbonyl (C=O) groups excluding carboxylic acids is 2. The molecule has 2 heterocycles. The zero-order valence-electron chi connectivity index (χ0n) is 16.8. The van der Waals surface area contributed by atoms with Gasteiger partial charge in [0.05, 0.1) is 5.92 Å². The Morgan fingerprint density at radius 1 is 1.25 bits per heavy atom. The lowest BCUT2D eigenvalue weighted by molar-refractivity contribution is -0.135. The van der Waals surface area contributed by atoms with E-state index in [-0.39, 0.29) is 23.1 Å². The fraction of sp³-hybridized carbons (Fsp3) is 0.500. The molecule has 2 fully saturated rings. The summed E-state index contributed by atoms with van der Waals surface area (Å²) in [6.45, 7) is 3.08. The lowest BCUT2D eigenvalue weighted by Crippen LogP contribution is -2.39. The lowest BCUT2D eigenvalue weighted by Gasteiger charge is -2.30. The van der Waals surface area contributed by atoms with Gasteiger partial charge in [-0.2, -0.15) is 0 Å². The molecule has 4 rings (SSSR count). The Bertz CT molecular complexity index is 896. The number of aromatic nitrogens is 1. The lowest BCUT2D eigenvalue weighted by atomic mass is 9.76. The largest absolute Gasteiger partial charge is 0.443 e. The average Bonchev–Trinajstić information content (AvgIpc) is 3.41. The Labute approximate surface area is 165 Å². The minimum atomic E-state index is -0.148. The van der Waals surface area contributed by atoms with Gasteiger partial charge in [0, 0.05) is 38.2 Å². The third kappa shape index (κ3) is 3.11. The summed E-state index contributed by atoms with van der Waals surface area (Å²) in [6.07, 6.45) is 5.58. The smallest absolute Gasteiger partial charge is 0.276 e. The first-order valence-corrected chi connectivity index (χ1v) is 9.92. The van der Waals surface area contributed by atoms with E-state index in [9.17, 15) is 9.59 Å². The highest BCUT2D eigenvalue weighted by molar-refractivity contribution is 5.98. The van der Waals surface area contributed by atoms with Crippen molar-refractivity contribution in [2.24, 2.45) is 11.3 Å². The second-order valence-electron chi connectivity index (χ2n) is 8.44. The number of hydrogen-bond acceptors (Lipinski definition) is 4. The van der Waals surface area contributed by atoms with Crippen LogP contribution in [-0.4, -0.2) is 53.8 Å². The Balaban J connectivity index is 1.63. The fourth-order valence-electron chi connectivity index (χ4n) is 4.90. The Morgan fingerprint density at radius 3 is 2.68 bits per heavy atom. The molecule has 6 nitrogen and oxygen atoms in total. The molecule has 1 saturated carbocycles. The van der Waals surface area contributed by atoms with E-state index in [0.29, 0.717) is 24.5 Å². The van der Waals surface area contributed by atoms with E-state index in [4.69, 9.17) is 4.42 Å². The van der Waals surface area contributed by atoms with Crippen LogP contribution in [0.1, 0.15) is 41.7 Å². The topological polar surface area (TPSA) is 66.7 Å². The summed E-state index contributed by atoms with van der Waals surface area (Å²) >= 11 is 0. The minimum Gasteiger partial charge on any atom is -0.443 e. The summed E-state index contributed by atoms with van der Waals surface area (Å²) in [5.41, 5.74) is 2.17. The maximum atomic E-state index is 13.3. The monoisotopic (exact) mass is 381 g/mol. The molecule has 0 N–H and O–H groups in total. The predicted molar refractivity (Wildman–Crippen MR) is 106 cm³/mol. The van der Waals surface area contributed by atoms with Gasteiger partial charge in [0.1, 0.15) is 0 Å². The van der Waals surface area contributed by atoms with Crippen LogP contribution in [0.2, 0.25) is 0 Å². The van der Waals surface area contributed by atoms with Crippen molar-refractivity contribution in [2.75, 3.05) is 27.2 Å². The predicted octanol–water partition coefficient (Wildman–Crippen LogP) is 3.37. The van der Waals surface area contributed by atoms with Crippen LogP contribution in [0.5, 0.6) is 0 Å². The summed E-state index contributed by atoms with van der Waals surface area (Å²) in [6, 6.07) is 7.85. The molecule has 1 saturated heterocycles. The van der Waals surface area contributed by atoms with E-state index >= 15 is 0 Å². The molecule has 28 heavy (non-hydrogen) atoms. The molecular weight excluding hydrogens is 354 g/mol. The van der Waals surface area contributed by atoms with Gasteiger partial charge < -0.3 is 14.2 Å². The van der Waals surface area contributed by atoms with Crippen molar-refractivity contribution in [2.45, 2.75) is 32.6 Å². The van der Waals surface area contributed by atoms with Crippen molar-refractivity contribution in [1.82, 2.24) is 14.8 Å². The maximum absolute atomic E-state index is 13.3. The highest BCUT2D eigenvalue weighted by Crippen LogP contribution is 2.50. The van der Waals surface area contributed by atoms with E-state index in [1.165, 1.54) is 6.39 Å². The number of oxazole rings is 1. The van der Waals surface area contributed by atoms with E-state index in [1.54, 1.807) is 19.0 Å². The van der Waals surface area contributed by atoms with Gasteiger partial charge in [0.15, 0.2) is 17.8 Å². The van der Waals surface area contributed by atoms with Gasteiger partial charge in [-0.1, -0.05) is 36.6 Å². The molecule has 1 atom stereocenters. The Morgan fingerprint density at radius 2 is 2.00 bits per heavy atom.